The second-order valence-corrected chi connectivity index (χ2v) is 15.4. The summed E-state index contributed by atoms with van der Waals surface area (Å²) in [5.74, 6) is -1.67. The molecule has 0 aromatic heterocycles. The largest absolute Gasteiger partial charge is 0.497 e. The Bertz CT molecular complexity index is 2430. The fourth-order valence-electron chi connectivity index (χ4n) is 8.98. The minimum Gasteiger partial charge on any atom is -0.497 e. The van der Waals surface area contributed by atoms with Gasteiger partial charge in [-0.2, -0.15) is 0 Å². The fourth-order valence-corrected chi connectivity index (χ4v) is 8.98. The number of hydrogen-bond donors (Lipinski definition) is 0. The average Bonchev–Trinajstić information content (AvgIpc) is 4.03. The standard InChI is InChI=1S/C49H40N4O8/c1-58-38-25-17-32(18-26-38)42-40-44(60-52(42)36-9-5-3-6-10-36)48(56)50(46(40)54)34-21-13-30(14-22-34)29-31-15-23-35(24-16-31)51-47(55)41-43(33-19-27-39(59-2)28-20-33)53(61-45(41)49(51)57)37-11-7-4-8-12-37/h3-28,40-45H,29H2,1-2H3/t40-,41+,42?,43?,44+,45-. The Morgan fingerprint density at radius 3 is 1.13 bits per heavy atom. The van der Waals surface area contributed by atoms with Gasteiger partial charge in [0.2, 0.25) is 11.8 Å². The number of nitrogens with zero attached hydrogens (tertiary/aromatic N) is 4. The lowest BCUT2D eigenvalue weighted by Gasteiger charge is -2.29. The Balaban J connectivity index is 0.848. The Morgan fingerprint density at radius 1 is 0.426 bits per heavy atom. The van der Waals surface area contributed by atoms with Crippen LogP contribution >= 0.6 is 0 Å². The molecule has 0 spiro atoms. The van der Waals surface area contributed by atoms with Crippen molar-refractivity contribution in [3.8, 4) is 11.5 Å². The van der Waals surface area contributed by atoms with E-state index in [1.165, 1.54) is 9.80 Å². The van der Waals surface area contributed by atoms with E-state index in [0.29, 0.717) is 29.3 Å². The molecule has 12 nitrogen and oxygen atoms in total. The van der Waals surface area contributed by atoms with Crippen LogP contribution in [-0.4, -0.2) is 50.1 Å². The van der Waals surface area contributed by atoms with E-state index in [4.69, 9.17) is 19.1 Å². The Hall–Kier alpha value is -7.28. The van der Waals surface area contributed by atoms with Crippen molar-refractivity contribution >= 4 is 46.4 Å². The van der Waals surface area contributed by atoms with Crippen LogP contribution in [-0.2, 0) is 35.3 Å². The first-order valence-electron chi connectivity index (χ1n) is 20.1. The molecule has 10 rings (SSSR count). The zero-order valence-electron chi connectivity index (χ0n) is 33.2. The van der Waals surface area contributed by atoms with Crippen LogP contribution in [0.5, 0.6) is 11.5 Å². The van der Waals surface area contributed by atoms with Gasteiger partial charge in [-0.3, -0.25) is 28.9 Å². The SMILES string of the molecule is COc1ccc(C2[C@H]3C(=O)N(c4ccc(Cc5ccc(N6C(=O)[C@@H]7ON(c8ccccc8)C(c8ccc(OC)cc8)[C@@H]7C6=O)cc5)cc4)C(=O)[C@H]3ON2c2ccccc2)cc1. The van der Waals surface area contributed by atoms with Crippen molar-refractivity contribution < 1.29 is 38.3 Å². The van der Waals surface area contributed by atoms with Crippen LogP contribution in [0.4, 0.5) is 22.7 Å². The third-order valence-electron chi connectivity index (χ3n) is 12.0. The number of imide groups is 2. The van der Waals surface area contributed by atoms with Crippen LogP contribution in [0.3, 0.4) is 0 Å². The number of hydroxylamine groups is 2. The molecule has 12 heteroatoms. The highest BCUT2D eigenvalue weighted by molar-refractivity contribution is 6.24. The first-order valence-corrected chi connectivity index (χ1v) is 20.1. The Labute approximate surface area is 351 Å². The summed E-state index contributed by atoms with van der Waals surface area (Å²) in [6.07, 6.45) is -1.45. The number of para-hydroxylation sites is 2. The summed E-state index contributed by atoms with van der Waals surface area (Å²) in [7, 11) is 3.19. The number of amides is 4. The molecule has 4 fully saturated rings. The smallest absolute Gasteiger partial charge is 0.266 e. The second-order valence-electron chi connectivity index (χ2n) is 15.4. The molecule has 6 aromatic rings. The molecule has 4 amide bonds. The van der Waals surface area contributed by atoms with E-state index in [-0.39, 0.29) is 11.8 Å². The highest BCUT2D eigenvalue weighted by Gasteiger charge is 2.61. The van der Waals surface area contributed by atoms with Crippen LogP contribution < -0.4 is 29.4 Å². The molecule has 61 heavy (non-hydrogen) atoms. The summed E-state index contributed by atoms with van der Waals surface area (Å²) >= 11 is 0. The van der Waals surface area contributed by atoms with Crippen molar-refractivity contribution in [3.05, 3.63) is 180 Å². The van der Waals surface area contributed by atoms with Gasteiger partial charge in [-0.25, -0.2) is 19.9 Å². The lowest BCUT2D eigenvalue weighted by atomic mass is 9.90. The summed E-state index contributed by atoms with van der Waals surface area (Å²) in [4.78, 5) is 71.4. The summed E-state index contributed by atoms with van der Waals surface area (Å²) < 4.78 is 10.7. The molecule has 0 radical (unpaired) electrons. The lowest BCUT2D eigenvalue weighted by Crippen LogP contribution is -2.37. The van der Waals surface area contributed by atoms with Gasteiger partial charge in [0.25, 0.3) is 11.8 Å². The van der Waals surface area contributed by atoms with Crippen LogP contribution in [0, 0.1) is 11.8 Å². The third-order valence-corrected chi connectivity index (χ3v) is 12.0. The molecule has 4 aliphatic heterocycles. The molecule has 4 saturated heterocycles. The summed E-state index contributed by atoms with van der Waals surface area (Å²) in [5, 5.41) is 3.35. The molecule has 0 bridgehead atoms. The summed E-state index contributed by atoms with van der Waals surface area (Å²) in [6, 6.07) is 47.4. The summed E-state index contributed by atoms with van der Waals surface area (Å²) in [6.45, 7) is 0. The number of methoxy groups -OCH3 is 2. The number of rotatable bonds is 10. The Kier molecular flexibility index (Phi) is 9.58. The van der Waals surface area contributed by atoms with Gasteiger partial charge in [0.1, 0.15) is 23.3 Å². The zero-order chi connectivity index (χ0) is 41.8. The maximum atomic E-state index is 14.2. The number of benzene rings is 6. The van der Waals surface area contributed by atoms with E-state index in [2.05, 4.69) is 0 Å². The molecule has 2 unspecified atom stereocenters. The van der Waals surface area contributed by atoms with Crippen molar-refractivity contribution in [1.82, 2.24) is 0 Å². The van der Waals surface area contributed by atoms with Crippen LogP contribution in [0.15, 0.2) is 158 Å². The number of carbonyl (C=O) groups is 4. The minimum absolute atomic E-state index is 0.332. The number of carbonyl (C=O) groups excluding carboxylic acids is 4. The molecule has 4 heterocycles. The van der Waals surface area contributed by atoms with Crippen molar-refractivity contribution in [2.24, 2.45) is 11.8 Å². The fraction of sp³-hybridized carbons (Fsp3) is 0.184. The molecule has 6 aromatic carbocycles. The van der Waals surface area contributed by atoms with Crippen molar-refractivity contribution in [1.29, 1.82) is 0 Å². The van der Waals surface area contributed by atoms with Gasteiger partial charge < -0.3 is 9.47 Å². The van der Waals surface area contributed by atoms with E-state index in [9.17, 15) is 19.2 Å². The van der Waals surface area contributed by atoms with Gasteiger partial charge in [0, 0.05) is 0 Å². The maximum Gasteiger partial charge on any atom is 0.266 e. The molecule has 0 saturated carbocycles. The van der Waals surface area contributed by atoms with Gasteiger partial charge in [-0.05, 0) is 101 Å². The normalized spacial score (nSPS) is 23.2. The highest BCUT2D eigenvalue weighted by atomic mass is 16.7. The van der Waals surface area contributed by atoms with Crippen LogP contribution in [0.2, 0.25) is 0 Å². The molecule has 4 aliphatic rings. The van der Waals surface area contributed by atoms with Gasteiger partial charge in [0.15, 0.2) is 12.2 Å². The zero-order valence-corrected chi connectivity index (χ0v) is 33.2. The molecule has 6 atom stereocenters. The highest BCUT2D eigenvalue weighted by Crippen LogP contribution is 2.49. The van der Waals surface area contributed by atoms with Crippen molar-refractivity contribution in [3.63, 3.8) is 0 Å². The quantitative estimate of drug-likeness (QED) is 0.130. The second kappa shape index (κ2) is 15.4. The predicted octanol–water partition coefficient (Wildman–Crippen LogP) is 7.40. The topological polar surface area (TPSA) is 118 Å². The van der Waals surface area contributed by atoms with E-state index < -0.39 is 47.9 Å². The number of ether oxygens (including phenoxy) is 2. The van der Waals surface area contributed by atoms with E-state index in [0.717, 1.165) is 33.6 Å². The van der Waals surface area contributed by atoms with E-state index in [1.54, 1.807) is 48.6 Å². The van der Waals surface area contributed by atoms with Crippen LogP contribution in [0.1, 0.15) is 34.3 Å². The van der Waals surface area contributed by atoms with Crippen LogP contribution in [0.25, 0.3) is 0 Å². The molecule has 304 valence electrons. The average molecular weight is 813 g/mol. The van der Waals surface area contributed by atoms with Gasteiger partial charge in [-0.1, -0.05) is 84.9 Å². The monoisotopic (exact) mass is 812 g/mol. The predicted molar refractivity (Wildman–Crippen MR) is 227 cm³/mol. The number of fused-ring (bicyclic) bond motifs is 2. The van der Waals surface area contributed by atoms with Crippen molar-refractivity contribution in [2.75, 3.05) is 34.1 Å². The van der Waals surface area contributed by atoms with Gasteiger partial charge in [-0.15, -0.1) is 0 Å². The molecule has 0 aliphatic carbocycles. The maximum absolute atomic E-state index is 14.2. The minimum atomic E-state index is -0.991. The van der Waals surface area contributed by atoms with Gasteiger partial charge >= 0.3 is 0 Å². The first kappa shape index (κ1) is 38.0. The first-order chi connectivity index (χ1) is 29.8. The molecular weight excluding hydrogens is 773 g/mol. The van der Waals surface area contributed by atoms with E-state index in [1.807, 2.05) is 133 Å². The summed E-state index contributed by atoms with van der Waals surface area (Å²) in [5.41, 5.74) is 5.94. The molecule has 0 N–H and O–H groups in total. The number of anilines is 4. The third kappa shape index (κ3) is 6.48. The van der Waals surface area contributed by atoms with E-state index >= 15 is 0 Å². The lowest BCUT2D eigenvalue weighted by molar-refractivity contribution is -0.127. The Morgan fingerprint density at radius 2 is 0.787 bits per heavy atom. The van der Waals surface area contributed by atoms with Gasteiger partial charge in [0.05, 0.1) is 49.1 Å². The number of hydrogen-bond acceptors (Lipinski definition) is 10. The van der Waals surface area contributed by atoms with Crippen molar-refractivity contribution in [2.45, 2.75) is 30.7 Å². The molecular formula is C49H40N4O8.